The van der Waals surface area contributed by atoms with Crippen molar-refractivity contribution in [1.29, 1.82) is 0 Å². The molecule has 0 atom stereocenters. The van der Waals surface area contributed by atoms with Gasteiger partial charge in [0.05, 0.1) is 16.1 Å². The number of nitro groups is 1. The van der Waals surface area contributed by atoms with E-state index in [9.17, 15) is 19.7 Å². The van der Waals surface area contributed by atoms with E-state index in [0.29, 0.717) is 14.7 Å². The Bertz CT molecular complexity index is 765. The lowest BCUT2D eigenvalue weighted by Gasteiger charge is -1.98. The van der Waals surface area contributed by atoms with E-state index in [1.165, 1.54) is 18.2 Å². The summed E-state index contributed by atoms with van der Waals surface area (Å²) in [5.74, 6) is -0.954. The van der Waals surface area contributed by atoms with Crippen LogP contribution in [0.15, 0.2) is 42.5 Å². The summed E-state index contributed by atoms with van der Waals surface area (Å²) < 4.78 is 1.38. The Morgan fingerprint density at radius 3 is 1.83 bits per heavy atom. The number of amides is 2. The first kappa shape index (κ1) is 19.3. The van der Waals surface area contributed by atoms with Crippen LogP contribution in [0.2, 0.25) is 0 Å². The van der Waals surface area contributed by atoms with E-state index in [1.54, 1.807) is 12.1 Å². The van der Waals surface area contributed by atoms with Crippen molar-refractivity contribution in [2.24, 2.45) is 11.5 Å². The number of rotatable bonds is 3. The van der Waals surface area contributed by atoms with Crippen LogP contribution < -0.4 is 11.5 Å². The number of carbonyl (C=O) groups excluding carboxylic acids is 2. The Hall–Kier alpha value is -1.76. The Morgan fingerprint density at radius 2 is 1.43 bits per heavy atom. The van der Waals surface area contributed by atoms with Crippen molar-refractivity contribution in [3.8, 4) is 0 Å². The number of nitrogens with zero attached hydrogens (tertiary/aromatic N) is 1. The van der Waals surface area contributed by atoms with Gasteiger partial charge in [-0.15, -0.1) is 0 Å². The number of hydrogen-bond donors (Lipinski definition) is 2. The normalized spacial score (nSPS) is 9.48. The zero-order chi connectivity index (χ0) is 17.6. The fourth-order valence-electron chi connectivity index (χ4n) is 1.48. The molecule has 2 amide bonds. The van der Waals surface area contributed by atoms with Crippen LogP contribution in [-0.2, 0) is 0 Å². The lowest BCUT2D eigenvalue weighted by Crippen LogP contribution is -2.12. The number of nitro benzene ring substituents is 1. The van der Waals surface area contributed by atoms with Gasteiger partial charge in [0.1, 0.15) is 0 Å². The maximum absolute atomic E-state index is 10.8. The summed E-state index contributed by atoms with van der Waals surface area (Å²) in [6.07, 6.45) is 0. The third kappa shape index (κ3) is 5.74. The lowest BCUT2D eigenvalue weighted by molar-refractivity contribution is -0.384. The highest BCUT2D eigenvalue weighted by Gasteiger charge is 2.11. The van der Waals surface area contributed by atoms with Crippen molar-refractivity contribution >= 4 is 62.7 Å². The van der Waals surface area contributed by atoms with E-state index in [1.807, 2.05) is 34.7 Å². The zero-order valence-corrected chi connectivity index (χ0v) is 15.8. The van der Waals surface area contributed by atoms with Gasteiger partial charge in [-0.25, -0.2) is 0 Å². The molecule has 0 aliphatic rings. The topological polar surface area (TPSA) is 129 Å². The van der Waals surface area contributed by atoms with E-state index in [0.717, 1.165) is 3.57 Å². The molecular formula is C14H11I2N3O4. The summed E-state index contributed by atoms with van der Waals surface area (Å²) in [5.41, 5.74) is 10.9. The standard InChI is InChI=1S/C7H5IN2O3.C7H6INO/c8-6-3-4(10(12)13)1-2-5(6)7(9)11;8-6-4-2-1-3-5(6)7(9)10/h1-3H,(H2,9,11);1-4H,(H2,9,10). The van der Waals surface area contributed by atoms with Crippen LogP contribution in [0, 0.1) is 17.3 Å². The molecule has 4 N–H and O–H groups in total. The maximum Gasteiger partial charge on any atom is 0.270 e. The van der Waals surface area contributed by atoms with Gasteiger partial charge in [0.25, 0.3) is 5.69 Å². The first-order valence-electron chi connectivity index (χ1n) is 6.02. The summed E-state index contributed by atoms with van der Waals surface area (Å²) in [6.45, 7) is 0. The molecule has 0 unspecified atom stereocenters. The number of carbonyl (C=O) groups is 2. The fourth-order valence-corrected chi connectivity index (χ4v) is 2.90. The van der Waals surface area contributed by atoms with Gasteiger partial charge in [0, 0.05) is 19.3 Å². The molecule has 2 aromatic rings. The second-order valence-corrected chi connectivity index (χ2v) is 6.45. The molecule has 0 fully saturated rings. The number of primary amides is 2. The fraction of sp³-hybridized carbons (Fsp3) is 0. The number of nitrogens with two attached hydrogens (primary N) is 2. The van der Waals surface area contributed by atoms with Crippen molar-refractivity contribution in [3.05, 3.63) is 70.8 Å². The van der Waals surface area contributed by atoms with Gasteiger partial charge < -0.3 is 11.5 Å². The van der Waals surface area contributed by atoms with Crippen LogP contribution in [0.25, 0.3) is 0 Å². The molecule has 2 rings (SSSR count). The Kier molecular flexibility index (Phi) is 7.35. The summed E-state index contributed by atoms with van der Waals surface area (Å²) in [5, 5.41) is 10.3. The van der Waals surface area contributed by atoms with E-state index in [4.69, 9.17) is 11.5 Å². The van der Waals surface area contributed by atoms with Crippen molar-refractivity contribution in [3.63, 3.8) is 0 Å². The van der Waals surface area contributed by atoms with Crippen LogP contribution in [0.3, 0.4) is 0 Å². The van der Waals surface area contributed by atoms with Gasteiger partial charge in [0.2, 0.25) is 11.8 Å². The van der Waals surface area contributed by atoms with Crippen molar-refractivity contribution in [1.82, 2.24) is 0 Å². The number of benzene rings is 2. The summed E-state index contributed by atoms with van der Waals surface area (Å²) >= 11 is 3.90. The Labute approximate surface area is 158 Å². The molecule has 0 saturated carbocycles. The number of hydrogen-bond acceptors (Lipinski definition) is 4. The van der Waals surface area contributed by atoms with Gasteiger partial charge in [0.15, 0.2) is 0 Å². The average Bonchev–Trinajstić information content (AvgIpc) is 2.47. The minimum atomic E-state index is -0.584. The molecule has 0 radical (unpaired) electrons. The highest BCUT2D eigenvalue weighted by molar-refractivity contribution is 14.1. The van der Waals surface area contributed by atoms with Crippen molar-refractivity contribution in [2.75, 3.05) is 0 Å². The molecule has 0 bridgehead atoms. The smallest absolute Gasteiger partial charge is 0.270 e. The highest BCUT2D eigenvalue weighted by Crippen LogP contribution is 2.19. The molecule has 0 saturated heterocycles. The Balaban J connectivity index is 0.000000238. The van der Waals surface area contributed by atoms with E-state index in [2.05, 4.69) is 22.6 Å². The molecule has 0 aromatic heterocycles. The van der Waals surface area contributed by atoms with Crippen LogP contribution in [0.4, 0.5) is 5.69 Å². The minimum Gasteiger partial charge on any atom is -0.366 e. The van der Waals surface area contributed by atoms with E-state index >= 15 is 0 Å². The maximum atomic E-state index is 10.8. The number of halogens is 2. The Morgan fingerprint density at radius 1 is 0.913 bits per heavy atom. The summed E-state index contributed by atoms with van der Waals surface area (Å²) in [7, 11) is 0. The van der Waals surface area contributed by atoms with E-state index in [-0.39, 0.29) is 11.6 Å². The second-order valence-electron chi connectivity index (χ2n) is 4.13. The molecule has 0 aliphatic carbocycles. The predicted octanol–water partition coefficient (Wildman–Crippen LogP) is 2.69. The molecule has 0 spiro atoms. The van der Waals surface area contributed by atoms with Crippen molar-refractivity contribution in [2.45, 2.75) is 0 Å². The molecule has 2 aromatic carbocycles. The van der Waals surface area contributed by atoms with Gasteiger partial charge in [-0.1, -0.05) is 12.1 Å². The largest absolute Gasteiger partial charge is 0.366 e. The predicted molar refractivity (Wildman–Crippen MR) is 102 cm³/mol. The number of non-ortho nitro benzene ring substituents is 1. The first-order valence-corrected chi connectivity index (χ1v) is 8.18. The molecule has 9 heteroatoms. The molecule has 0 heterocycles. The third-order valence-electron chi connectivity index (χ3n) is 2.57. The molecule has 0 aliphatic heterocycles. The van der Waals surface area contributed by atoms with Gasteiger partial charge in [-0.2, -0.15) is 0 Å². The average molecular weight is 539 g/mol. The first-order chi connectivity index (χ1) is 10.7. The van der Waals surface area contributed by atoms with Gasteiger partial charge in [-0.05, 0) is 63.4 Å². The zero-order valence-electron chi connectivity index (χ0n) is 11.5. The monoisotopic (exact) mass is 539 g/mol. The molecule has 23 heavy (non-hydrogen) atoms. The van der Waals surface area contributed by atoms with E-state index < -0.39 is 10.8 Å². The molecule has 7 nitrogen and oxygen atoms in total. The second kappa shape index (κ2) is 8.76. The van der Waals surface area contributed by atoms with Crippen molar-refractivity contribution < 1.29 is 14.5 Å². The molecular weight excluding hydrogens is 528 g/mol. The molecule has 120 valence electrons. The van der Waals surface area contributed by atoms with Crippen LogP contribution in [0.1, 0.15) is 20.7 Å². The van der Waals surface area contributed by atoms with Crippen LogP contribution in [0.5, 0.6) is 0 Å². The minimum absolute atomic E-state index is 0.0469. The lowest BCUT2D eigenvalue weighted by atomic mass is 10.2. The highest BCUT2D eigenvalue weighted by atomic mass is 127. The van der Waals surface area contributed by atoms with Gasteiger partial charge >= 0.3 is 0 Å². The SMILES string of the molecule is NC(=O)c1ccc([N+](=O)[O-])cc1I.NC(=O)c1ccccc1I. The third-order valence-corrected chi connectivity index (χ3v) is 4.40. The van der Waals surface area contributed by atoms with Gasteiger partial charge in [-0.3, -0.25) is 19.7 Å². The quantitative estimate of drug-likeness (QED) is 0.353. The summed E-state index contributed by atoms with van der Waals surface area (Å²) in [6, 6.07) is 11.1. The summed E-state index contributed by atoms with van der Waals surface area (Å²) in [4.78, 5) is 31.2. The van der Waals surface area contributed by atoms with Crippen LogP contribution in [-0.4, -0.2) is 16.7 Å². The van der Waals surface area contributed by atoms with Crippen LogP contribution >= 0.6 is 45.2 Å².